The number of hydrogen-bond donors (Lipinski definition) is 2. The van der Waals surface area contributed by atoms with Crippen molar-refractivity contribution >= 4 is 65.8 Å². The molecule has 47 heavy (non-hydrogen) atoms. The van der Waals surface area contributed by atoms with E-state index in [1.165, 1.54) is 21.1 Å². The van der Waals surface area contributed by atoms with E-state index in [-0.39, 0.29) is 34.6 Å². The highest BCUT2D eigenvalue weighted by molar-refractivity contribution is 6.42. The van der Waals surface area contributed by atoms with Gasteiger partial charge in [0.1, 0.15) is 11.5 Å². The largest absolute Gasteiger partial charge is 0.496 e. The van der Waals surface area contributed by atoms with E-state index in [0.29, 0.717) is 95.9 Å². The van der Waals surface area contributed by atoms with Crippen LogP contribution in [0.3, 0.4) is 0 Å². The number of hydrogen-bond acceptors (Lipinski definition) is 9. The standard InChI is InChI=1S/C38H42N2O7/c1-9-11-13-39-21-16-23(44-5)29-30-24(45-6)17-22(40-14-12-10-2)28-33(30)32-26-20(37(46-7)35(42)27(21)31(26)29)15-18(3)25(19(4)41)34(32)38(47-8)36(28)43/h16-17,39-40H,9-15H2,1-8H3. The molecule has 9 heteroatoms. The van der Waals surface area contributed by atoms with Crippen molar-refractivity contribution in [2.45, 2.75) is 59.8 Å². The molecular weight excluding hydrogens is 596 g/mol. The van der Waals surface area contributed by atoms with Crippen LogP contribution in [-0.4, -0.2) is 47.3 Å². The van der Waals surface area contributed by atoms with Gasteiger partial charge in [-0.05, 0) is 38.5 Å². The van der Waals surface area contributed by atoms with Gasteiger partial charge in [0.15, 0.2) is 17.3 Å². The summed E-state index contributed by atoms with van der Waals surface area (Å²) in [5.41, 5.74) is 2.85. The summed E-state index contributed by atoms with van der Waals surface area (Å²) in [7, 11) is 6.16. The molecule has 0 aliphatic heterocycles. The Kier molecular flexibility index (Phi) is 8.51. The molecule has 246 valence electrons. The summed E-state index contributed by atoms with van der Waals surface area (Å²) in [5.74, 6) is 1.14. The second-order valence-electron chi connectivity index (χ2n) is 12.3. The number of methoxy groups -OCH3 is 4. The van der Waals surface area contributed by atoms with Crippen molar-refractivity contribution in [3.05, 3.63) is 49.3 Å². The van der Waals surface area contributed by atoms with Gasteiger partial charge in [0.05, 0.1) is 39.2 Å². The lowest BCUT2D eigenvalue weighted by Crippen LogP contribution is -2.16. The number of Topliss-reactive ketones (excluding diaryl/α,β-unsaturated/α-hetero) is 1. The molecule has 0 radical (unpaired) electrons. The highest BCUT2D eigenvalue weighted by Crippen LogP contribution is 2.55. The lowest BCUT2D eigenvalue weighted by molar-refractivity contribution is -0.111. The average Bonchev–Trinajstić information content (AvgIpc) is 3.18. The molecule has 0 spiro atoms. The average molecular weight is 639 g/mol. The minimum atomic E-state index is -0.330. The third-order valence-electron chi connectivity index (χ3n) is 9.51. The number of allylic oxidation sites excluding steroid dienone is 2. The van der Waals surface area contributed by atoms with Crippen LogP contribution in [0.5, 0.6) is 23.0 Å². The Balaban J connectivity index is 2.05. The summed E-state index contributed by atoms with van der Waals surface area (Å²) in [6, 6.07) is 3.70. The molecule has 0 amide bonds. The van der Waals surface area contributed by atoms with E-state index in [1.807, 2.05) is 19.1 Å². The normalized spacial score (nSPS) is 12.9. The van der Waals surface area contributed by atoms with Gasteiger partial charge in [-0.25, -0.2) is 0 Å². The number of ketones is 1. The minimum absolute atomic E-state index is 0.0884. The number of ether oxygens (including phenoxy) is 4. The zero-order valence-electron chi connectivity index (χ0n) is 28.5. The molecule has 1 aliphatic carbocycles. The predicted molar refractivity (Wildman–Crippen MR) is 191 cm³/mol. The number of fused-ring (bicyclic) bond motifs is 1. The fourth-order valence-corrected chi connectivity index (χ4v) is 7.55. The Bertz CT molecular complexity index is 2220. The van der Waals surface area contributed by atoms with Gasteiger partial charge in [-0.2, -0.15) is 0 Å². The SMILES string of the molecule is CCCCNc1cc(OC)c2c3c(OC)cc(NCCCC)c4c(=O)c(OC)c5c(c6c(c(OC)c(=O)c1c26)CC(C)=C5C(C)=O)c43. The van der Waals surface area contributed by atoms with E-state index < -0.39 is 0 Å². The third kappa shape index (κ3) is 4.61. The molecule has 0 saturated heterocycles. The van der Waals surface area contributed by atoms with Crippen molar-refractivity contribution in [2.24, 2.45) is 0 Å². The molecule has 9 nitrogen and oxygen atoms in total. The van der Waals surface area contributed by atoms with Crippen molar-refractivity contribution in [3.63, 3.8) is 0 Å². The molecule has 0 fully saturated rings. The van der Waals surface area contributed by atoms with Crippen LogP contribution < -0.4 is 40.4 Å². The van der Waals surface area contributed by atoms with Gasteiger partial charge in [0, 0.05) is 80.2 Å². The number of nitrogens with one attached hydrogen (secondary N) is 2. The maximum absolute atomic E-state index is 14.7. The van der Waals surface area contributed by atoms with Crippen LogP contribution in [0.2, 0.25) is 0 Å². The fraction of sp³-hybridized carbons (Fsp3) is 0.395. The van der Waals surface area contributed by atoms with E-state index in [1.54, 1.807) is 14.2 Å². The first-order valence-corrected chi connectivity index (χ1v) is 16.3. The Morgan fingerprint density at radius 2 is 1.17 bits per heavy atom. The van der Waals surface area contributed by atoms with Gasteiger partial charge >= 0.3 is 0 Å². The van der Waals surface area contributed by atoms with Crippen molar-refractivity contribution in [1.82, 2.24) is 0 Å². The number of rotatable bonds is 13. The van der Waals surface area contributed by atoms with Gasteiger partial charge < -0.3 is 29.6 Å². The molecule has 5 aromatic carbocycles. The fourth-order valence-electron chi connectivity index (χ4n) is 7.55. The molecule has 6 rings (SSSR count). The topological polar surface area (TPSA) is 112 Å². The van der Waals surface area contributed by atoms with Crippen molar-refractivity contribution in [2.75, 3.05) is 52.2 Å². The first-order valence-electron chi connectivity index (χ1n) is 16.3. The predicted octanol–water partition coefficient (Wildman–Crippen LogP) is 7.27. The molecule has 0 bridgehead atoms. The van der Waals surface area contributed by atoms with Crippen LogP contribution in [0.4, 0.5) is 11.4 Å². The first-order chi connectivity index (χ1) is 22.7. The highest BCUT2D eigenvalue weighted by Gasteiger charge is 2.35. The summed E-state index contributed by atoms with van der Waals surface area (Å²) in [6.07, 6.45) is 4.02. The van der Waals surface area contributed by atoms with Gasteiger partial charge in [-0.3, -0.25) is 14.4 Å². The van der Waals surface area contributed by atoms with Crippen molar-refractivity contribution < 1.29 is 23.7 Å². The van der Waals surface area contributed by atoms with Gasteiger partial charge in [0.2, 0.25) is 10.9 Å². The van der Waals surface area contributed by atoms with E-state index in [9.17, 15) is 14.4 Å². The number of carbonyl (C=O) groups excluding carboxylic acids is 1. The summed E-state index contributed by atoms with van der Waals surface area (Å²) < 4.78 is 24.1. The summed E-state index contributed by atoms with van der Waals surface area (Å²) in [6.45, 7) is 8.89. The second kappa shape index (κ2) is 12.4. The second-order valence-corrected chi connectivity index (χ2v) is 12.3. The van der Waals surface area contributed by atoms with E-state index in [0.717, 1.165) is 31.1 Å². The van der Waals surface area contributed by atoms with E-state index in [2.05, 4.69) is 24.5 Å². The smallest absolute Gasteiger partial charge is 0.230 e. The van der Waals surface area contributed by atoms with Crippen LogP contribution in [0.25, 0.3) is 48.7 Å². The number of unbranched alkanes of at least 4 members (excludes halogenated alkanes) is 2. The van der Waals surface area contributed by atoms with Crippen LogP contribution in [0.1, 0.15) is 64.5 Å². The summed E-state index contributed by atoms with van der Waals surface area (Å²) in [5, 5.41) is 11.8. The van der Waals surface area contributed by atoms with Crippen LogP contribution in [0, 0.1) is 0 Å². The molecule has 2 N–H and O–H groups in total. The molecule has 1 aliphatic rings. The maximum Gasteiger partial charge on any atom is 0.230 e. The quantitative estimate of drug-likeness (QED) is 0.0781. The van der Waals surface area contributed by atoms with Gasteiger partial charge in [0.25, 0.3) is 0 Å². The molecule has 0 atom stereocenters. The van der Waals surface area contributed by atoms with Crippen LogP contribution in [0.15, 0.2) is 27.3 Å². The van der Waals surface area contributed by atoms with E-state index >= 15 is 0 Å². The Morgan fingerprint density at radius 3 is 1.62 bits per heavy atom. The highest BCUT2D eigenvalue weighted by atomic mass is 16.5. The summed E-state index contributed by atoms with van der Waals surface area (Å²) >= 11 is 0. The Labute approximate surface area is 273 Å². The lowest BCUT2D eigenvalue weighted by atomic mass is 9.82. The van der Waals surface area contributed by atoms with E-state index in [4.69, 9.17) is 18.9 Å². The Morgan fingerprint density at radius 1 is 0.681 bits per heavy atom. The third-order valence-corrected chi connectivity index (χ3v) is 9.51. The van der Waals surface area contributed by atoms with Gasteiger partial charge in [-0.1, -0.05) is 32.3 Å². The minimum Gasteiger partial charge on any atom is -0.496 e. The molecule has 0 heterocycles. The summed E-state index contributed by atoms with van der Waals surface area (Å²) in [4.78, 5) is 42.8. The zero-order valence-corrected chi connectivity index (χ0v) is 28.5. The lowest BCUT2D eigenvalue weighted by Gasteiger charge is -2.25. The molecular formula is C38H42N2O7. The first kappa shape index (κ1) is 32.2. The molecule has 5 aromatic rings. The Hall–Kier alpha value is -4.79. The van der Waals surface area contributed by atoms with Crippen LogP contribution >= 0.6 is 0 Å². The number of carbonyl (C=O) groups is 1. The molecule has 0 unspecified atom stereocenters. The van der Waals surface area contributed by atoms with Gasteiger partial charge in [-0.15, -0.1) is 0 Å². The zero-order chi connectivity index (χ0) is 33.7. The van der Waals surface area contributed by atoms with Crippen LogP contribution in [-0.2, 0) is 11.2 Å². The molecule has 0 aromatic heterocycles. The van der Waals surface area contributed by atoms with Crippen molar-refractivity contribution in [3.8, 4) is 23.0 Å². The number of benzene rings is 5. The number of anilines is 2. The molecule has 0 saturated carbocycles. The maximum atomic E-state index is 14.7. The van der Waals surface area contributed by atoms with Crippen molar-refractivity contribution in [1.29, 1.82) is 0 Å². The monoisotopic (exact) mass is 638 g/mol.